The van der Waals surface area contributed by atoms with Crippen molar-refractivity contribution < 1.29 is 51.4 Å². The van der Waals surface area contributed by atoms with Gasteiger partial charge in [-0.05, 0) is 114 Å². The van der Waals surface area contributed by atoms with Crippen molar-refractivity contribution in [3.05, 3.63) is 96.1 Å². The summed E-state index contributed by atoms with van der Waals surface area (Å²) in [5, 5.41) is 4.91. The summed E-state index contributed by atoms with van der Waals surface area (Å²) >= 11 is 0. The average molecular weight is 1130 g/mol. The molecule has 1 spiro atoms. The molecule has 0 aliphatic carbocycles. The number of cyclic esters (lactones) is 1. The zero-order valence-electron chi connectivity index (χ0n) is 48.2. The molecule has 8 rings (SSSR count). The monoisotopic (exact) mass is 1120 g/mol. The molecule has 0 saturated carbocycles. The van der Waals surface area contributed by atoms with E-state index in [4.69, 9.17) is 19.2 Å². The van der Waals surface area contributed by atoms with Gasteiger partial charge in [0, 0.05) is 105 Å². The van der Waals surface area contributed by atoms with E-state index in [9.17, 15) is 37.1 Å². The first kappa shape index (κ1) is 60.4. The highest BCUT2D eigenvalue weighted by Crippen LogP contribution is 2.43. The van der Waals surface area contributed by atoms with E-state index in [0.717, 1.165) is 0 Å². The van der Waals surface area contributed by atoms with Crippen molar-refractivity contribution in [2.75, 3.05) is 80.7 Å². The average Bonchev–Trinajstić information content (AvgIpc) is 3.92. The van der Waals surface area contributed by atoms with Crippen LogP contribution < -0.4 is 10.7 Å². The van der Waals surface area contributed by atoms with E-state index in [1.165, 1.54) is 27.8 Å². The predicted octanol–water partition coefficient (Wildman–Crippen LogP) is 7.72. The lowest BCUT2D eigenvalue weighted by atomic mass is 9.84. The first-order valence-electron chi connectivity index (χ1n) is 28.1. The third kappa shape index (κ3) is 14.5. The van der Waals surface area contributed by atoms with Gasteiger partial charge in [0.2, 0.25) is 17.7 Å². The second-order valence-corrected chi connectivity index (χ2v) is 23.4. The van der Waals surface area contributed by atoms with Crippen LogP contribution in [0, 0.1) is 17.3 Å². The van der Waals surface area contributed by atoms with Crippen LogP contribution in [0.3, 0.4) is 0 Å². The number of amides is 5. The van der Waals surface area contributed by atoms with Crippen molar-refractivity contribution in [2.24, 2.45) is 17.3 Å². The number of urea groups is 1. The molecule has 6 bridgehead atoms. The van der Waals surface area contributed by atoms with E-state index < -0.39 is 59.7 Å². The van der Waals surface area contributed by atoms with E-state index in [2.05, 4.69) is 15.7 Å². The number of pyridine rings is 2. The number of carbonyl (C=O) groups is 5. The highest BCUT2D eigenvalue weighted by atomic mass is 19.4. The Bertz CT molecular complexity index is 2990. The number of methoxy groups -OCH3 is 1. The van der Waals surface area contributed by atoms with Crippen molar-refractivity contribution in [1.82, 2.24) is 49.9 Å². The summed E-state index contributed by atoms with van der Waals surface area (Å²) in [4.78, 5) is 86.4. The van der Waals surface area contributed by atoms with E-state index in [1.54, 1.807) is 61.5 Å². The van der Waals surface area contributed by atoms with Crippen molar-refractivity contribution in [2.45, 2.75) is 116 Å². The number of aromatic nitrogens is 3. The molecule has 4 aliphatic rings. The third-order valence-electron chi connectivity index (χ3n) is 15.9. The van der Waals surface area contributed by atoms with Crippen molar-refractivity contribution in [3.8, 4) is 22.5 Å². The highest BCUT2D eigenvalue weighted by Gasteiger charge is 2.44. The molecule has 7 heterocycles. The lowest BCUT2D eigenvalue weighted by Gasteiger charge is -2.47. The van der Waals surface area contributed by atoms with Gasteiger partial charge in [-0.3, -0.25) is 34.2 Å². The fourth-order valence-corrected chi connectivity index (χ4v) is 11.6. The normalized spacial score (nSPS) is 20.7. The Morgan fingerprint density at radius 3 is 2.47 bits per heavy atom. The number of likely N-dealkylation sites (tertiary alicyclic amines) is 1. The maximum Gasteiger partial charge on any atom is 0.406 e. The number of nitrogens with zero attached hydrogens (tertiary/aromatic N) is 8. The second kappa shape index (κ2) is 25.6. The van der Waals surface area contributed by atoms with Gasteiger partial charge < -0.3 is 43.7 Å². The number of nitrogens with one attached hydrogen (secondary N) is 2. The number of likely N-dealkylation sites (N-methyl/N-ethyl adjacent to an activating group) is 2. The third-order valence-corrected chi connectivity index (χ3v) is 15.9. The topological polar surface area (TPSA) is 184 Å². The van der Waals surface area contributed by atoms with E-state index in [0.29, 0.717) is 122 Å². The van der Waals surface area contributed by atoms with Crippen LogP contribution in [0.15, 0.2) is 79.2 Å². The van der Waals surface area contributed by atoms with Crippen LogP contribution in [0.1, 0.15) is 89.8 Å². The van der Waals surface area contributed by atoms with Gasteiger partial charge in [-0.2, -0.15) is 13.2 Å². The number of halogens is 3. The fourth-order valence-electron chi connectivity index (χ4n) is 11.6. The quantitative estimate of drug-likeness (QED) is 0.0984. The summed E-state index contributed by atoms with van der Waals surface area (Å²) in [6.45, 7) is 11.1. The smallest absolute Gasteiger partial charge is 0.406 e. The van der Waals surface area contributed by atoms with Gasteiger partial charge >= 0.3 is 18.2 Å². The Balaban J connectivity index is 1.03. The van der Waals surface area contributed by atoms with Gasteiger partial charge in [-0.1, -0.05) is 52.0 Å². The molecule has 4 aromatic rings. The number of hydrogen-bond donors (Lipinski definition) is 2. The largest absolute Gasteiger partial charge is 0.464 e. The van der Waals surface area contributed by atoms with Crippen molar-refractivity contribution >= 4 is 40.6 Å². The molecule has 4 atom stereocenters. The van der Waals surface area contributed by atoms with Crippen LogP contribution >= 0.6 is 0 Å². The molecule has 3 saturated heterocycles. The Labute approximate surface area is 473 Å². The number of piperidine rings is 1. The minimum atomic E-state index is -4.59. The summed E-state index contributed by atoms with van der Waals surface area (Å²) in [5.41, 5.74) is 5.81. The molecule has 1 aromatic carbocycles. The number of benzene rings is 1. The molecule has 3 fully saturated rings. The molecule has 438 valence electrons. The standard InChI is InChI=1S/C60H79F3N10O8/c1-39(2)52(69(8)57(78)70-29-23-59(24-30-70)36-71(31-32-81-59)50(74)20-14-27-68(6)7)54(75)65-26-11-15-42-33-43-16-10-18-47(66-43)41-21-22-49-45(34-41)46(35-58(4,5)38-80-56(77)48-19-13-28-73(67-48)55(42)76)53(72(49)37-60(61,62)63)44-17-12-25-64-51(44)40(3)79-9/h10-12,14,16-18,20-22,25-26,34,39-40,42,48,52,67H,13,15,19,23-24,27-33,35-38H2,1-9H3,(H,65,75)/b20-14+,26-11-/t40-,42-,48-,52-/m0/s1. The van der Waals surface area contributed by atoms with Gasteiger partial charge in [0.1, 0.15) is 18.6 Å². The number of hydrazine groups is 1. The number of fused-ring (bicyclic) bond motifs is 6. The fraction of sp³-hybridized carbons (Fsp3) is 0.550. The Kier molecular flexibility index (Phi) is 19.1. The molecule has 0 unspecified atom stereocenters. The Morgan fingerprint density at radius 2 is 1.75 bits per heavy atom. The number of ether oxygens (including phenoxy) is 3. The number of hydrogen-bond acceptors (Lipinski definition) is 12. The number of alkyl halides is 3. The minimum Gasteiger partial charge on any atom is -0.464 e. The number of carbonyl (C=O) groups excluding carboxylic acids is 5. The molecule has 81 heavy (non-hydrogen) atoms. The lowest BCUT2D eigenvalue weighted by molar-refractivity contribution is -0.155. The molecular weight excluding hydrogens is 1050 g/mol. The Hall–Kier alpha value is -6.68. The lowest BCUT2D eigenvalue weighted by Crippen LogP contribution is -2.60. The maximum atomic E-state index is 14.7. The zero-order valence-corrected chi connectivity index (χ0v) is 48.2. The molecule has 3 aromatic heterocycles. The number of rotatable bonds is 13. The first-order chi connectivity index (χ1) is 38.5. The van der Waals surface area contributed by atoms with Crippen molar-refractivity contribution in [3.63, 3.8) is 0 Å². The van der Waals surface area contributed by atoms with Gasteiger partial charge in [-0.15, -0.1) is 0 Å². The summed E-state index contributed by atoms with van der Waals surface area (Å²) in [6, 6.07) is 12.2. The van der Waals surface area contributed by atoms with Gasteiger partial charge in [0.25, 0.3) is 0 Å². The molecule has 21 heteroatoms. The van der Waals surface area contributed by atoms with Crippen LogP contribution in [0.2, 0.25) is 0 Å². The number of allylic oxidation sites excluding steroid dienone is 1. The van der Waals surface area contributed by atoms with Crippen LogP contribution in [-0.4, -0.2) is 173 Å². The van der Waals surface area contributed by atoms with Crippen LogP contribution in [0.4, 0.5) is 18.0 Å². The summed E-state index contributed by atoms with van der Waals surface area (Å²) in [5.74, 6) is -2.32. The molecule has 2 N–H and O–H groups in total. The maximum absolute atomic E-state index is 14.7. The van der Waals surface area contributed by atoms with E-state index in [1.807, 2.05) is 81.9 Å². The van der Waals surface area contributed by atoms with E-state index >= 15 is 0 Å². The van der Waals surface area contributed by atoms with Gasteiger partial charge in [0.15, 0.2) is 0 Å². The van der Waals surface area contributed by atoms with Crippen molar-refractivity contribution in [1.29, 1.82) is 0 Å². The molecular formula is C60H79F3N10O8. The number of morpholine rings is 1. The number of esters is 1. The molecule has 0 radical (unpaired) electrons. The summed E-state index contributed by atoms with van der Waals surface area (Å²) in [6.07, 6.45) is 5.61. The van der Waals surface area contributed by atoms with Crippen LogP contribution in [-0.2, 0) is 52.8 Å². The molecule has 18 nitrogen and oxygen atoms in total. The zero-order chi connectivity index (χ0) is 58.4. The van der Waals surface area contributed by atoms with E-state index in [-0.39, 0.29) is 49.6 Å². The SMILES string of the molecule is CO[C@@H](C)c1ncccc1-c1c2c3cc(ccc3n1CC(F)(F)F)-c1cccc(n1)C[C@H](C/C=C\NC(=O)[C@H](C(C)C)N(C)C(=O)N1CCC3(CC1)CN(C(=O)/C=C/CN(C)C)CCO3)C(=O)N1CCC[C@H](N1)C(=O)OCC(C)(C)C2. The van der Waals surface area contributed by atoms with Gasteiger partial charge in [-0.25, -0.2) is 10.2 Å². The molecule has 5 amide bonds. The predicted molar refractivity (Wildman–Crippen MR) is 301 cm³/mol. The van der Waals surface area contributed by atoms with Gasteiger partial charge in [0.05, 0.1) is 48.5 Å². The van der Waals surface area contributed by atoms with Crippen LogP contribution in [0.25, 0.3) is 33.4 Å². The minimum absolute atomic E-state index is 0.0615. The first-order valence-corrected chi connectivity index (χ1v) is 28.1. The summed E-state index contributed by atoms with van der Waals surface area (Å²) < 4.78 is 63.5. The highest BCUT2D eigenvalue weighted by molar-refractivity contribution is 5.95. The van der Waals surface area contributed by atoms with Crippen LogP contribution in [0.5, 0.6) is 0 Å². The Morgan fingerprint density at radius 1 is 0.988 bits per heavy atom. The molecule has 4 aliphatic heterocycles. The second-order valence-electron chi connectivity index (χ2n) is 23.4. The summed E-state index contributed by atoms with van der Waals surface area (Å²) in [7, 11) is 7.02.